The van der Waals surface area contributed by atoms with Gasteiger partial charge >= 0.3 is 0 Å². The van der Waals surface area contributed by atoms with E-state index in [1.807, 2.05) is 0 Å². The molecule has 2 rings (SSSR count). The summed E-state index contributed by atoms with van der Waals surface area (Å²) >= 11 is 4.38. The molecule has 2 heterocycles. The number of aliphatic hydroxyl groups excluding tert-OH is 1. The van der Waals surface area contributed by atoms with E-state index in [1.54, 1.807) is 12.1 Å². The summed E-state index contributed by atoms with van der Waals surface area (Å²) in [6.45, 7) is 0.691. The number of thiophene rings is 1. The van der Waals surface area contributed by atoms with E-state index >= 15 is 0 Å². The van der Waals surface area contributed by atoms with E-state index in [-0.39, 0.29) is 10.8 Å². The van der Waals surface area contributed by atoms with Gasteiger partial charge in [-0.05, 0) is 40.9 Å². The lowest BCUT2D eigenvalue weighted by molar-refractivity contribution is 0.0223. The molecule has 1 aliphatic heterocycles. The van der Waals surface area contributed by atoms with Gasteiger partial charge in [0.15, 0.2) is 0 Å². The number of ether oxygens (including phenoxy) is 1. The van der Waals surface area contributed by atoms with Crippen molar-refractivity contribution in [3.63, 3.8) is 0 Å². The predicted molar refractivity (Wildman–Crippen MR) is 72.2 cm³/mol. The molecule has 0 aromatic carbocycles. The van der Waals surface area contributed by atoms with Gasteiger partial charge in [-0.2, -0.15) is 0 Å². The van der Waals surface area contributed by atoms with Crippen LogP contribution in [0, 0.1) is 0 Å². The van der Waals surface area contributed by atoms with Crippen LogP contribution in [0.3, 0.4) is 0 Å². The minimum Gasteiger partial charge on any atom is -0.394 e. The average molecular weight is 356 g/mol. The fourth-order valence-corrected chi connectivity index (χ4v) is 5.29. The third-order valence-corrected chi connectivity index (χ3v) is 6.61. The highest BCUT2D eigenvalue weighted by Gasteiger charge is 2.36. The van der Waals surface area contributed by atoms with E-state index in [9.17, 15) is 13.5 Å². The zero-order chi connectivity index (χ0) is 13.2. The second kappa shape index (κ2) is 5.56. The lowest BCUT2D eigenvalue weighted by Gasteiger charge is -2.35. The Balaban J connectivity index is 2.21. The van der Waals surface area contributed by atoms with Gasteiger partial charge in [0, 0.05) is 13.2 Å². The lowest BCUT2D eigenvalue weighted by Crippen LogP contribution is -2.54. The standard InChI is InChI=1S/C10H14BrNO4S2/c11-8-1-2-9(17-8)18(14,15)12-10(7-13)3-5-16-6-4-10/h1-2,12-13H,3-7H2. The van der Waals surface area contributed by atoms with E-state index in [0.717, 1.165) is 15.1 Å². The van der Waals surface area contributed by atoms with Crippen LogP contribution in [0.1, 0.15) is 12.8 Å². The number of nitrogens with one attached hydrogen (secondary N) is 1. The van der Waals surface area contributed by atoms with Crippen molar-refractivity contribution in [1.82, 2.24) is 4.72 Å². The van der Waals surface area contributed by atoms with E-state index < -0.39 is 15.6 Å². The van der Waals surface area contributed by atoms with Crippen molar-refractivity contribution in [2.24, 2.45) is 0 Å². The molecular formula is C10H14BrNO4S2. The average Bonchev–Trinajstić information content (AvgIpc) is 2.77. The third-order valence-electron chi connectivity index (χ3n) is 2.92. The molecule has 1 fully saturated rings. The molecule has 102 valence electrons. The Morgan fingerprint density at radius 1 is 1.44 bits per heavy atom. The molecule has 18 heavy (non-hydrogen) atoms. The van der Waals surface area contributed by atoms with E-state index in [1.165, 1.54) is 0 Å². The Labute approximate surface area is 118 Å². The number of hydrogen-bond donors (Lipinski definition) is 2. The van der Waals surface area contributed by atoms with Crippen molar-refractivity contribution < 1.29 is 18.3 Å². The molecule has 1 aromatic heterocycles. The van der Waals surface area contributed by atoms with E-state index in [0.29, 0.717) is 26.1 Å². The first-order valence-electron chi connectivity index (χ1n) is 5.45. The number of aliphatic hydroxyl groups is 1. The molecule has 1 aliphatic rings. The highest BCUT2D eigenvalue weighted by atomic mass is 79.9. The van der Waals surface area contributed by atoms with Crippen LogP contribution >= 0.6 is 27.3 Å². The predicted octanol–water partition coefficient (Wildman–Crippen LogP) is 1.33. The first kappa shape index (κ1) is 14.4. The minimum atomic E-state index is -3.59. The highest BCUT2D eigenvalue weighted by Crippen LogP contribution is 2.29. The van der Waals surface area contributed by atoms with Gasteiger partial charge in [0.05, 0.1) is 15.9 Å². The SMILES string of the molecule is O=S(=O)(NC1(CO)CCOCC1)c1ccc(Br)s1. The Hall–Kier alpha value is 0.01000. The summed E-state index contributed by atoms with van der Waals surface area (Å²) < 4.78 is 33.2. The Morgan fingerprint density at radius 2 is 2.11 bits per heavy atom. The monoisotopic (exact) mass is 355 g/mol. The zero-order valence-electron chi connectivity index (χ0n) is 9.56. The molecule has 0 unspecified atom stereocenters. The van der Waals surface area contributed by atoms with Crippen molar-refractivity contribution >= 4 is 37.3 Å². The molecule has 1 saturated heterocycles. The molecular weight excluding hydrogens is 342 g/mol. The quantitative estimate of drug-likeness (QED) is 0.854. The summed E-state index contributed by atoms with van der Waals surface area (Å²) in [4.78, 5) is 0. The van der Waals surface area contributed by atoms with Crippen molar-refractivity contribution in [3.05, 3.63) is 15.9 Å². The van der Waals surface area contributed by atoms with Gasteiger partial charge in [0.25, 0.3) is 10.0 Å². The number of hydrogen-bond acceptors (Lipinski definition) is 5. The van der Waals surface area contributed by atoms with Crippen molar-refractivity contribution in [1.29, 1.82) is 0 Å². The van der Waals surface area contributed by atoms with E-state index in [2.05, 4.69) is 20.7 Å². The van der Waals surface area contributed by atoms with Crippen LogP contribution in [0.5, 0.6) is 0 Å². The van der Waals surface area contributed by atoms with E-state index in [4.69, 9.17) is 4.74 Å². The molecule has 1 aromatic rings. The molecule has 0 atom stereocenters. The van der Waals surface area contributed by atoms with Gasteiger partial charge in [0.1, 0.15) is 4.21 Å². The molecule has 8 heteroatoms. The molecule has 0 saturated carbocycles. The highest BCUT2D eigenvalue weighted by molar-refractivity contribution is 9.11. The van der Waals surface area contributed by atoms with Crippen LogP contribution in [0.25, 0.3) is 0 Å². The summed E-state index contributed by atoms with van der Waals surface area (Å²) in [7, 11) is -3.59. The molecule has 2 N–H and O–H groups in total. The Bertz CT molecular complexity index is 508. The van der Waals surface area contributed by atoms with Gasteiger partial charge in [-0.1, -0.05) is 0 Å². The maximum atomic E-state index is 12.2. The Kier molecular flexibility index (Phi) is 4.45. The molecule has 5 nitrogen and oxygen atoms in total. The fourth-order valence-electron chi connectivity index (χ4n) is 1.83. The van der Waals surface area contributed by atoms with Gasteiger partial charge in [-0.25, -0.2) is 13.1 Å². The second-order valence-electron chi connectivity index (χ2n) is 4.21. The first-order valence-corrected chi connectivity index (χ1v) is 8.55. The molecule has 0 spiro atoms. The summed E-state index contributed by atoms with van der Waals surface area (Å²) in [6.07, 6.45) is 0.963. The van der Waals surface area contributed by atoms with Crippen LogP contribution in [0.4, 0.5) is 0 Å². The molecule has 0 bridgehead atoms. The molecule has 0 aliphatic carbocycles. The topological polar surface area (TPSA) is 75.6 Å². The second-order valence-corrected chi connectivity index (χ2v) is 8.59. The maximum Gasteiger partial charge on any atom is 0.250 e. The van der Waals surface area contributed by atoms with Gasteiger partial charge in [-0.15, -0.1) is 11.3 Å². The van der Waals surface area contributed by atoms with Crippen LogP contribution in [-0.2, 0) is 14.8 Å². The van der Waals surface area contributed by atoms with Crippen molar-refractivity contribution in [2.75, 3.05) is 19.8 Å². The first-order chi connectivity index (χ1) is 8.47. The Morgan fingerprint density at radius 3 is 2.61 bits per heavy atom. The lowest BCUT2D eigenvalue weighted by atomic mass is 9.93. The van der Waals surface area contributed by atoms with Gasteiger partial charge in [0.2, 0.25) is 0 Å². The number of sulfonamides is 1. The third kappa shape index (κ3) is 3.12. The van der Waals surface area contributed by atoms with Crippen molar-refractivity contribution in [3.8, 4) is 0 Å². The van der Waals surface area contributed by atoms with Crippen LogP contribution in [0.15, 0.2) is 20.1 Å². The van der Waals surface area contributed by atoms with Gasteiger partial charge in [-0.3, -0.25) is 0 Å². The summed E-state index contributed by atoms with van der Waals surface area (Å²) in [5.41, 5.74) is -0.798. The largest absolute Gasteiger partial charge is 0.394 e. The van der Waals surface area contributed by atoms with Gasteiger partial charge < -0.3 is 9.84 Å². The van der Waals surface area contributed by atoms with Crippen LogP contribution in [0.2, 0.25) is 0 Å². The van der Waals surface area contributed by atoms with Crippen LogP contribution in [-0.4, -0.2) is 38.9 Å². The number of halogens is 1. The minimum absolute atomic E-state index is 0.220. The molecule has 0 radical (unpaired) electrons. The normalized spacial score (nSPS) is 19.9. The fraction of sp³-hybridized carbons (Fsp3) is 0.600. The van der Waals surface area contributed by atoms with Crippen LogP contribution < -0.4 is 4.72 Å². The summed E-state index contributed by atoms with van der Waals surface area (Å²) in [5.74, 6) is 0. The smallest absolute Gasteiger partial charge is 0.250 e. The zero-order valence-corrected chi connectivity index (χ0v) is 12.8. The maximum absolute atomic E-state index is 12.2. The molecule has 0 amide bonds. The summed E-state index contributed by atoms with van der Waals surface area (Å²) in [6, 6.07) is 3.23. The number of rotatable bonds is 4. The summed E-state index contributed by atoms with van der Waals surface area (Å²) in [5, 5.41) is 9.47. The van der Waals surface area contributed by atoms with Crippen molar-refractivity contribution in [2.45, 2.75) is 22.6 Å².